The summed E-state index contributed by atoms with van der Waals surface area (Å²) < 4.78 is 0. The second kappa shape index (κ2) is 7.30. The van der Waals surface area contributed by atoms with Crippen LogP contribution in [0.2, 0.25) is 0 Å². The highest BCUT2D eigenvalue weighted by Crippen LogP contribution is 2.25. The van der Waals surface area contributed by atoms with Gasteiger partial charge in [0.1, 0.15) is 0 Å². The molecular formula is C21H23N3O2. The number of nitrogens with one attached hydrogen (secondary N) is 2. The van der Waals surface area contributed by atoms with E-state index in [1.807, 2.05) is 48.5 Å². The molecule has 5 nitrogen and oxygen atoms in total. The van der Waals surface area contributed by atoms with E-state index in [0.717, 1.165) is 31.5 Å². The predicted octanol–water partition coefficient (Wildman–Crippen LogP) is 2.44. The summed E-state index contributed by atoms with van der Waals surface area (Å²) in [6, 6.07) is 17.2. The van der Waals surface area contributed by atoms with Crippen LogP contribution in [-0.4, -0.2) is 41.9 Å². The van der Waals surface area contributed by atoms with Crippen molar-refractivity contribution in [2.24, 2.45) is 0 Å². The summed E-state index contributed by atoms with van der Waals surface area (Å²) in [4.78, 5) is 27.2. The Morgan fingerprint density at radius 2 is 1.81 bits per heavy atom. The minimum atomic E-state index is -0.138. The Balaban J connectivity index is 1.38. The van der Waals surface area contributed by atoms with E-state index in [4.69, 9.17) is 0 Å². The largest absolute Gasteiger partial charge is 0.348 e. The highest BCUT2D eigenvalue weighted by molar-refractivity contribution is 5.96. The SMILES string of the molecule is O=C(N[C@H]1CCN(C2CCc3ccccc3NC2=O)C1)c1ccccc1. The van der Waals surface area contributed by atoms with Gasteiger partial charge in [0.15, 0.2) is 0 Å². The van der Waals surface area contributed by atoms with Crippen LogP contribution in [0.15, 0.2) is 54.6 Å². The van der Waals surface area contributed by atoms with E-state index in [0.29, 0.717) is 12.1 Å². The van der Waals surface area contributed by atoms with Crippen molar-refractivity contribution in [3.05, 3.63) is 65.7 Å². The third kappa shape index (κ3) is 3.48. The first-order valence-corrected chi connectivity index (χ1v) is 9.19. The lowest BCUT2D eigenvalue weighted by Crippen LogP contribution is -2.44. The maximum absolute atomic E-state index is 12.7. The lowest BCUT2D eigenvalue weighted by Gasteiger charge is -2.25. The number of para-hydroxylation sites is 1. The van der Waals surface area contributed by atoms with E-state index < -0.39 is 0 Å². The Morgan fingerprint density at radius 3 is 2.65 bits per heavy atom. The van der Waals surface area contributed by atoms with Gasteiger partial charge >= 0.3 is 0 Å². The molecule has 0 aliphatic carbocycles. The molecule has 0 spiro atoms. The minimum absolute atomic E-state index is 0.0461. The number of anilines is 1. The van der Waals surface area contributed by atoms with Crippen LogP contribution in [-0.2, 0) is 11.2 Å². The van der Waals surface area contributed by atoms with Crippen molar-refractivity contribution in [2.45, 2.75) is 31.3 Å². The monoisotopic (exact) mass is 349 g/mol. The standard InChI is InChI=1S/C21H23N3O2/c25-20(16-7-2-1-3-8-16)22-17-12-13-24(14-17)19-11-10-15-6-4-5-9-18(15)23-21(19)26/h1-9,17,19H,10-14H2,(H,22,25)(H,23,26)/t17-,19?/m0/s1. The molecular weight excluding hydrogens is 326 g/mol. The van der Waals surface area contributed by atoms with Crippen LogP contribution in [0.5, 0.6) is 0 Å². The second-order valence-electron chi connectivity index (χ2n) is 7.02. The Bertz CT molecular complexity index is 806. The number of carbonyl (C=O) groups is 2. The first-order valence-electron chi connectivity index (χ1n) is 9.19. The summed E-state index contributed by atoms with van der Waals surface area (Å²) in [5.41, 5.74) is 2.79. The van der Waals surface area contributed by atoms with Crippen LogP contribution in [0.3, 0.4) is 0 Å². The van der Waals surface area contributed by atoms with Gasteiger partial charge in [-0.1, -0.05) is 36.4 Å². The number of nitrogens with zero attached hydrogens (tertiary/aromatic N) is 1. The zero-order chi connectivity index (χ0) is 17.9. The van der Waals surface area contributed by atoms with Crippen LogP contribution < -0.4 is 10.6 Å². The maximum Gasteiger partial charge on any atom is 0.251 e. The van der Waals surface area contributed by atoms with Gasteiger partial charge in [-0.2, -0.15) is 0 Å². The topological polar surface area (TPSA) is 61.4 Å². The van der Waals surface area contributed by atoms with Crippen molar-refractivity contribution in [3.8, 4) is 0 Å². The summed E-state index contributed by atoms with van der Waals surface area (Å²) >= 11 is 0. The molecule has 2 aromatic carbocycles. The lowest BCUT2D eigenvalue weighted by atomic mass is 10.1. The number of amides is 2. The van der Waals surface area contributed by atoms with Crippen LogP contribution in [0.1, 0.15) is 28.8 Å². The lowest BCUT2D eigenvalue weighted by molar-refractivity contribution is -0.121. The van der Waals surface area contributed by atoms with E-state index in [-0.39, 0.29) is 23.9 Å². The fourth-order valence-electron chi connectivity index (χ4n) is 3.89. The Hall–Kier alpha value is -2.66. The Morgan fingerprint density at radius 1 is 1.04 bits per heavy atom. The van der Waals surface area contributed by atoms with Gasteiger partial charge in [-0.05, 0) is 43.0 Å². The van der Waals surface area contributed by atoms with E-state index in [2.05, 4.69) is 21.6 Å². The van der Waals surface area contributed by atoms with Crippen LogP contribution >= 0.6 is 0 Å². The third-order valence-corrected chi connectivity index (χ3v) is 5.30. The molecule has 0 radical (unpaired) electrons. The van der Waals surface area contributed by atoms with Gasteiger partial charge in [-0.3, -0.25) is 14.5 Å². The highest BCUT2D eigenvalue weighted by atomic mass is 16.2. The van der Waals surface area contributed by atoms with E-state index in [9.17, 15) is 9.59 Å². The molecule has 1 fully saturated rings. The number of carbonyl (C=O) groups excluding carboxylic acids is 2. The summed E-state index contributed by atoms with van der Waals surface area (Å²) in [6.45, 7) is 1.54. The number of hydrogen-bond acceptors (Lipinski definition) is 3. The van der Waals surface area contributed by atoms with Crippen LogP contribution in [0.4, 0.5) is 5.69 Å². The van der Waals surface area contributed by atoms with Gasteiger partial charge in [0, 0.05) is 30.4 Å². The third-order valence-electron chi connectivity index (χ3n) is 5.30. The molecule has 2 aliphatic rings. The van der Waals surface area contributed by atoms with Crippen molar-refractivity contribution in [1.29, 1.82) is 0 Å². The molecule has 1 unspecified atom stereocenters. The number of hydrogen-bond donors (Lipinski definition) is 2. The van der Waals surface area contributed by atoms with Crippen LogP contribution in [0, 0.1) is 0 Å². The number of fused-ring (bicyclic) bond motifs is 1. The average molecular weight is 349 g/mol. The minimum Gasteiger partial charge on any atom is -0.348 e. The van der Waals surface area contributed by atoms with Crippen molar-refractivity contribution in [3.63, 3.8) is 0 Å². The molecule has 2 amide bonds. The van der Waals surface area contributed by atoms with Gasteiger partial charge in [-0.15, -0.1) is 0 Å². The van der Waals surface area contributed by atoms with Crippen molar-refractivity contribution in [2.75, 3.05) is 18.4 Å². The Labute approximate surface area is 153 Å². The molecule has 2 N–H and O–H groups in total. The molecule has 26 heavy (non-hydrogen) atoms. The molecule has 0 saturated carbocycles. The summed E-state index contributed by atoms with van der Waals surface area (Å²) in [7, 11) is 0. The molecule has 2 aliphatic heterocycles. The first-order chi connectivity index (χ1) is 12.7. The smallest absolute Gasteiger partial charge is 0.251 e. The number of rotatable bonds is 3. The van der Waals surface area contributed by atoms with E-state index >= 15 is 0 Å². The number of benzene rings is 2. The van der Waals surface area contributed by atoms with Gasteiger partial charge in [0.05, 0.1) is 6.04 Å². The van der Waals surface area contributed by atoms with E-state index in [1.54, 1.807) is 0 Å². The van der Waals surface area contributed by atoms with Crippen molar-refractivity contribution in [1.82, 2.24) is 10.2 Å². The fourth-order valence-corrected chi connectivity index (χ4v) is 3.89. The molecule has 5 heteroatoms. The summed E-state index contributed by atoms with van der Waals surface area (Å²) in [5, 5.41) is 6.16. The first kappa shape index (κ1) is 16.8. The molecule has 0 bridgehead atoms. The summed E-state index contributed by atoms with van der Waals surface area (Å²) in [5.74, 6) is 0.0140. The van der Waals surface area contributed by atoms with Gasteiger partial charge in [0.2, 0.25) is 5.91 Å². The van der Waals surface area contributed by atoms with E-state index in [1.165, 1.54) is 5.56 Å². The zero-order valence-corrected chi connectivity index (χ0v) is 14.7. The van der Waals surface area contributed by atoms with Gasteiger partial charge in [0.25, 0.3) is 5.91 Å². The van der Waals surface area contributed by atoms with Crippen LogP contribution in [0.25, 0.3) is 0 Å². The molecule has 2 atom stereocenters. The second-order valence-corrected chi connectivity index (χ2v) is 7.02. The number of likely N-dealkylation sites (tertiary alicyclic amines) is 1. The molecule has 2 aromatic rings. The normalized spacial score (nSPS) is 23.0. The van der Waals surface area contributed by atoms with Gasteiger partial charge in [-0.25, -0.2) is 0 Å². The zero-order valence-electron chi connectivity index (χ0n) is 14.7. The number of aryl methyl sites for hydroxylation is 1. The molecule has 134 valence electrons. The molecule has 0 aromatic heterocycles. The highest BCUT2D eigenvalue weighted by Gasteiger charge is 2.34. The predicted molar refractivity (Wildman–Crippen MR) is 101 cm³/mol. The summed E-state index contributed by atoms with van der Waals surface area (Å²) in [6.07, 6.45) is 2.56. The Kier molecular flexibility index (Phi) is 4.71. The maximum atomic E-state index is 12.7. The fraction of sp³-hybridized carbons (Fsp3) is 0.333. The van der Waals surface area contributed by atoms with Crippen molar-refractivity contribution < 1.29 is 9.59 Å². The molecule has 1 saturated heterocycles. The molecule has 2 heterocycles. The molecule has 4 rings (SSSR count). The average Bonchev–Trinajstić information content (AvgIpc) is 3.04. The quantitative estimate of drug-likeness (QED) is 0.895. The van der Waals surface area contributed by atoms with Gasteiger partial charge < -0.3 is 10.6 Å². The van der Waals surface area contributed by atoms with Crippen molar-refractivity contribution >= 4 is 17.5 Å².